The van der Waals surface area contributed by atoms with Gasteiger partial charge in [-0.1, -0.05) is 0 Å². The fourth-order valence-electron chi connectivity index (χ4n) is 1.58. The van der Waals surface area contributed by atoms with Crippen LogP contribution in [0.15, 0.2) is 54.6 Å². The molecule has 0 radical (unpaired) electrons. The van der Waals surface area contributed by atoms with Gasteiger partial charge in [0.1, 0.15) is 0 Å². The van der Waals surface area contributed by atoms with Crippen molar-refractivity contribution in [1.29, 1.82) is 0 Å². The summed E-state index contributed by atoms with van der Waals surface area (Å²) < 4.78 is 1.17. The molecule has 0 aliphatic carbocycles. The molecule has 0 spiro atoms. The van der Waals surface area contributed by atoms with Crippen LogP contribution >= 0.6 is 0 Å². The second-order valence-electron chi connectivity index (χ2n) is 3.40. The van der Waals surface area contributed by atoms with E-state index in [-0.39, 0.29) is 5.78 Å². The van der Waals surface area contributed by atoms with E-state index in [0.717, 1.165) is 11.1 Å². The molecule has 0 saturated heterocycles. The van der Waals surface area contributed by atoms with Gasteiger partial charge < -0.3 is 0 Å². The van der Waals surface area contributed by atoms with Crippen molar-refractivity contribution in [3.8, 4) is 0 Å². The molecule has 0 aromatic heterocycles. The molecule has 0 heterocycles. The summed E-state index contributed by atoms with van der Waals surface area (Å²) in [5, 5.41) is 0. The summed E-state index contributed by atoms with van der Waals surface area (Å²) in [6.45, 7) is 0. The van der Waals surface area contributed by atoms with Crippen LogP contribution in [0.3, 0.4) is 0 Å². The predicted octanol–water partition coefficient (Wildman–Crippen LogP) is 2.30. The zero-order chi connectivity index (χ0) is 11.4. The Morgan fingerprint density at radius 3 is 2.25 bits per heavy atom. The third-order valence-corrected chi connectivity index (χ3v) is 4.06. The summed E-state index contributed by atoms with van der Waals surface area (Å²) in [5.41, 5.74) is 1.61. The summed E-state index contributed by atoms with van der Waals surface area (Å²) in [6, 6.07) is 17.3. The quantitative estimate of drug-likeness (QED) is 0.620. The van der Waals surface area contributed by atoms with Crippen molar-refractivity contribution in [2.75, 3.05) is 0 Å². The van der Waals surface area contributed by atoms with Crippen LogP contribution in [0.25, 0.3) is 0 Å². The van der Waals surface area contributed by atoms with E-state index < -0.39 is 0 Å². The Balaban J connectivity index is 2.42. The Kier molecular flexibility index (Phi) is 3.55. The second kappa shape index (κ2) is 5.11. The Morgan fingerprint density at radius 1 is 0.938 bits per heavy atom. The molecular formula is C14H12OSe. The first kappa shape index (κ1) is 11.1. The van der Waals surface area contributed by atoms with Crippen LogP contribution in [-0.4, -0.2) is 20.7 Å². The molecule has 0 unspecified atom stereocenters. The Morgan fingerprint density at radius 2 is 1.56 bits per heavy atom. The maximum atomic E-state index is 12.2. The predicted molar refractivity (Wildman–Crippen MR) is 67.6 cm³/mol. The summed E-state index contributed by atoms with van der Waals surface area (Å²) in [5.74, 6) is 2.25. The van der Waals surface area contributed by atoms with Gasteiger partial charge in [-0.15, -0.1) is 0 Å². The molecule has 0 saturated carbocycles. The molecule has 2 rings (SSSR count). The van der Waals surface area contributed by atoms with Gasteiger partial charge >= 0.3 is 102 Å². The van der Waals surface area contributed by atoms with E-state index in [1.54, 1.807) is 0 Å². The molecule has 2 aromatic rings. The third-order valence-electron chi connectivity index (χ3n) is 2.39. The fourth-order valence-corrected chi connectivity index (χ4v) is 2.83. The van der Waals surface area contributed by atoms with Crippen LogP contribution in [0.4, 0.5) is 0 Å². The van der Waals surface area contributed by atoms with E-state index in [0.29, 0.717) is 15.0 Å². The van der Waals surface area contributed by atoms with Crippen LogP contribution in [0.2, 0.25) is 5.82 Å². The van der Waals surface area contributed by atoms with Gasteiger partial charge in [0, 0.05) is 0 Å². The van der Waals surface area contributed by atoms with Crippen molar-refractivity contribution in [2.24, 2.45) is 0 Å². The van der Waals surface area contributed by atoms with Gasteiger partial charge in [0.15, 0.2) is 0 Å². The molecule has 0 aliphatic heterocycles. The Labute approximate surface area is 102 Å². The van der Waals surface area contributed by atoms with Crippen molar-refractivity contribution in [3.63, 3.8) is 0 Å². The van der Waals surface area contributed by atoms with Gasteiger partial charge in [-0.25, -0.2) is 0 Å². The average Bonchev–Trinajstić information content (AvgIpc) is 2.39. The number of carbonyl (C=O) groups is 1. The van der Waals surface area contributed by atoms with Gasteiger partial charge in [0.2, 0.25) is 0 Å². The van der Waals surface area contributed by atoms with Crippen molar-refractivity contribution < 1.29 is 4.79 Å². The van der Waals surface area contributed by atoms with Crippen LogP contribution in [-0.2, 0) is 0 Å². The first-order valence-electron chi connectivity index (χ1n) is 5.05. The van der Waals surface area contributed by atoms with E-state index >= 15 is 0 Å². The molecule has 16 heavy (non-hydrogen) atoms. The first-order valence-corrected chi connectivity index (χ1v) is 7.62. The average molecular weight is 275 g/mol. The molecular weight excluding hydrogens is 263 g/mol. The minimum absolute atomic E-state index is 0.125. The van der Waals surface area contributed by atoms with Crippen LogP contribution in [0.5, 0.6) is 0 Å². The molecule has 0 amide bonds. The fraction of sp³-hybridized carbons (Fsp3) is 0.0714. The molecule has 2 heteroatoms. The van der Waals surface area contributed by atoms with E-state index in [4.69, 9.17) is 0 Å². The summed E-state index contributed by atoms with van der Waals surface area (Å²) >= 11 is 0.348. The maximum absolute atomic E-state index is 12.2. The van der Waals surface area contributed by atoms with Crippen molar-refractivity contribution in [3.05, 3.63) is 65.7 Å². The Hall–Kier alpha value is -1.37. The SMILES string of the molecule is C[Se]c1ccccc1C(=O)c1ccccc1. The second-order valence-corrected chi connectivity index (χ2v) is 5.17. The van der Waals surface area contributed by atoms with E-state index in [1.165, 1.54) is 4.46 Å². The summed E-state index contributed by atoms with van der Waals surface area (Å²) in [6.07, 6.45) is 0. The number of hydrogen-bond donors (Lipinski definition) is 0. The number of carbonyl (C=O) groups excluding carboxylic acids is 1. The molecule has 0 fully saturated rings. The molecule has 0 N–H and O–H groups in total. The third kappa shape index (κ3) is 2.24. The first-order chi connectivity index (χ1) is 7.83. The van der Waals surface area contributed by atoms with Crippen LogP contribution in [0, 0.1) is 0 Å². The topological polar surface area (TPSA) is 17.1 Å². The zero-order valence-corrected chi connectivity index (χ0v) is 10.7. The van der Waals surface area contributed by atoms with Crippen molar-refractivity contribution >= 4 is 25.2 Å². The molecule has 2 aromatic carbocycles. The van der Waals surface area contributed by atoms with E-state index in [9.17, 15) is 4.79 Å². The number of ketones is 1. The van der Waals surface area contributed by atoms with Crippen molar-refractivity contribution in [1.82, 2.24) is 0 Å². The zero-order valence-electron chi connectivity index (χ0n) is 9.01. The van der Waals surface area contributed by atoms with E-state index in [2.05, 4.69) is 5.82 Å². The molecule has 80 valence electrons. The Bertz CT molecular complexity index is 491. The molecule has 0 aliphatic rings. The van der Waals surface area contributed by atoms with Crippen LogP contribution < -0.4 is 4.46 Å². The van der Waals surface area contributed by atoms with E-state index in [1.807, 2.05) is 54.6 Å². The van der Waals surface area contributed by atoms with Gasteiger partial charge in [-0.2, -0.15) is 0 Å². The van der Waals surface area contributed by atoms with Gasteiger partial charge in [0.25, 0.3) is 0 Å². The van der Waals surface area contributed by atoms with Crippen molar-refractivity contribution in [2.45, 2.75) is 5.82 Å². The molecule has 0 atom stereocenters. The number of benzene rings is 2. The van der Waals surface area contributed by atoms with Gasteiger partial charge in [-0.05, 0) is 0 Å². The standard InChI is InChI=1S/C14H12OSe/c1-16-13-10-6-5-9-12(13)14(15)11-7-3-2-4-8-11/h2-10H,1H3. The monoisotopic (exact) mass is 276 g/mol. The molecule has 0 bridgehead atoms. The summed E-state index contributed by atoms with van der Waals surface area (Å²) in [4.78, 5) is 12.2. The van der Waals surface area contributed by atoms with Gasteiger partial charge in [-0.3, -0.25) is 0 Å². The normalized spacial score (nSPS) is 10.1. The minimum atomic E-state index is 0.125. The molecule has 1 nitrogen and oxygen atoms in total. The number of hydrogen-bond acceptors (Lipinski definition) is 1. The number of rotatable bonds is 3. The van der Waals surface area contributed by atoms with Crippen LogP contribution in [0.1, 0.15) is 15.9 Å². The summed E-state index contributed by atoms with van der Waals surface area (Å²) in [7, 11) is 0. The van der Waals surface area contributed by atoms with Gasteiger partial charge in [0.05, 0.1) is 0 Å².